The number of hydrogen-bond donors (Lipinski definition) is 8. The molecule has 4 aliphatic carbocycles. The predicted octanol–water partition coefficient (Wildman–Crippen LogP) is 0.773. The Morgan fingerprint density at radius 3 is 2.20 bits per heavy atom. The molecule has 0 aromatic heterocycles. The van der Waals surface area contributed by atoms with E-state index in [4.69, 9.17) is 37.9 Å². The highest BCUT2D eigenvalue weighted by molar-refractivity contribution is 5.38. The maximum Gasteiger partial charge on any atom is 0.187 e. The lowest BCUT2D eigenvalue weighted by atomic mass is 9.48. The fourth-order valence-corrected chi connectivity index (χ4v) is 13.0. The molecule has 9 aliphatic rings. The van der Waals surface area contributed by atoms with Gasteiger partial charge in [-0.15, -0.1) is 0 Å². The summed E-state index contributed by atoms with van der Waals surface area (Å²) in [6.07, 6.45) is -8.44. The molecule has 16 nitrogen and oxygen atoms in total. The quantitative estimate of drug-likeness (QED) is 0.165. The highest BCUT2D eigenvalue weighted by Crippen LogP contribution is 2.68. The standard InChI is InChI=1S/C44H68O16/c1-19-8-13-44(54-17-19)20(2)30-28(60-44)15-26-24-7-6-22-14-23(9-11-42(22,4)25(24)10-12-43(26,30)5)56-41-38(59-40-35(51)33(49)31(47)21(3)55-40)36(52)37(29(16-45)57-41)58-39-34(50)32(48)27(46)18-53-39/h6,15,19-21,23-25,27-41,45-52H,7-14,16-18H2,1-5H3/t19-,20+,21+,23+,24-,25+,27-,28+,29-,30+,31+,32+,33-,34-,35-,36+,37-,38-,39+,40+,41-,42+,43+,44-/m1/s1. The Morgan fingerprint density at radius 1 is 0.733 bits per heavy atom. The molecule has 0 radical (unpaired) electrons. The Bertz CT molecular complexity index is 1620. The van der Waals surface area contributed by atoms with Crippen molar-refractivity contribution in [2.75, 3.05) is 19.8 Å². The van der Waals surface area contributed by atoms with E-state index in [1.165, 1.54) is 12.5 Å². The van der Waals surface area contributed by atoms with Crippen LogP contribution >= 0.6 is 0 Å². The highest BCUT2D eigenvalue weighted by atomic mass is 16.8. The van der Waals surface area contributed by atoms with Gasteiger partial charge in [-0.1, -0.05) is 51.0 Å². The van der Waals surface area contributed by atoms with E-state index in [2.05, 4.69) is 39.8 Å². The minimum atomic E-state index is -1.71. The first kappa shape index (κ1) is 44.1. The number of fused-ring (bicyclic) bond motifs is 7. The van der Waals surface area contributed by atoms with Crippen LogP contribution in [0.3, 0.4) is 0 Å². The molecule has 0 aromatic rings. The van der Waals surface area contributed by atoms with Crippen molar-refractivity contribution >= 4 is 0 Å². The maximum atomic E-state index is 11.9. The van der Waals surface area contributed by atoms with Gasteiger partial charge >= 0.3 is 0 Å². The van der Waals surface area contributed by atoms with Crippen LogP contribution in [0.15, 0.2) is 23.3 Å². The number of ether oxygens (including phenoxy) is 8. The summed E-state index contributed by atoms with van der Waals surface area (Å²) >= 11 is 0. The number of aliphatic hydroxyl groups excluding tert-OH is 8. The highest BCUT2D eigenvalue weighted by Gasteiger charge is 2.66. The molecular weight excluding hydrogens is 784 g/mol. The van der Waals surface area contributed by atoms with Crippen molar-refractivity contribution in [3.8, 4) is 0 Å². The fraction of sp³-hybridized carbons (Fsp3) is 0.909. The van der Waals surface area contributed by atoms with Crippen LogP contribution in [0.2, 0.25) is 0 Å². The van der Waals surface area contributed by atoms with Gasteiger partial charge in [0.05, 0.1) is 38.1 Å². The molecule has 340 valence electrons. The average Bonchev–Trinajstić information content (AvgIpc) is 3.68. The van der Waals surface area contributed by atoms with Crippen LogP contribution in [0, 0.1) is 40.4 Å². The molecule has 16 heteroatoms. The van der Waals surface area contributed by atoms with Gasteiger partial charge in [-0.3, -0.25) is 0 Å². The second-order valence-electron chi connectivity index (χ2n) is 20.2. The third-order valence-electron chi connectivity index (χ3n) is 16.7. The monoisotopic (exact) mass is 852 g/mol. The number of hydrogen-bond acceptors (Lipinski definition) is 16. The second-order valence-corrected chi connectivity index (χ2v) is 20.2. The van der Waals surface area contributed by atoms with E-state index in [9.17, 15) is 40.9 Å². The molecule has 0 aromatic carbocycles. The normalized spacial score (nSPS) is 56.6. The summed E-state index contributed by atoms with van der Waals surface area (Å²) in [4.78, 5) is 0. The van der Waals surface area contributed by atoms with E-state index in [1.54, 1.807) is 5.57 Å². The van der Waals surface area contributed by atoms with Gasteiger partial charge in [-0.25, -0.2) is 0 Å². The Kier molecular flexibility index (Phi) is 12.0. The Balaban J connectivity index is 0.925. The van der Waals surface area contributed by atoms with Gasteiger partial charge in [0.15, 0.2) is 24.7 Å². The minimum absolute atomic E-state index is 0.0551. The van der Waals surface area contributed by atoms with E-state index < -0.39 is 98.4 Å². The first-order chi connectivity index (χ1) is 28.5. The third kappa shape index (κ3) is 7.11. The lowest BCUT2D eigenvalue weighted by molar-refractivity contribution is -0.385. The lowest BCUT2D eigenvalue weighted by Gasteiger charge is -2.57. The second kappa shape index (κ2) is 16.4. The van der Waals surface area contributed by atoms with Crippen LogP contribution in [-0.4, -0.2) is 165 Å². The van der Waals surface area contributed by atoms with Crippen LogP contribution in [0.25, 0.3) is 0 Å². The van der Waals surface area contributed by atoms with E-state index in [1.807, 2.05) is 0 Å². The van der Waals surface area contributed by atoms with Crippen LogP contribution in [0.5, 0.6) is 0 Å². The summed E-state index contributed by atoms with van der Waals surface area (Å²) in [6, 6.07) is 0. The summed E-state index contributed by atoms with van der Waals surface area (Å²) < 4.78 is 49.6. The smallest absolute Gasteiger partial charge is 0.187 e. The van der Waals surface area contributed by atoms with Crippen LogP contribution in [0.4, 0.5) is 0 Å². The molecule has 0 amide bonds. The van der Waals surface area contributed by atoms with Crippen molar-refractivity contribution in [3.05, 3.63) is 23.3 Å². The topological polar surface area (TPSA) is 236 Å². The van der Waals surface area contributed by atoms with Crippen molar-refractivity contribution in [1.82, 2.24) is 0 Å². The molecule has 7 fully saturated rings. The minimum Gasteiger partial charge on any atom is -0.394 e. The molecule has 60 heavy (non-hydrogen) atoms. The summed E-state index contributed by atoms with van der Waals surface area (Å²) in [5, 5.41) is 85.1. The lowest BCUT2D eigenvalue weighted by Crippen LogP contribution is -2.66. The van der Waals surface area contributed by atoms with Crippen LogP contribution in [-0.2, 0) is 37.9 Å². The Labute approximate surface area is 351 Å². The molecule has 5 saturated heterocycles. The predicted molar refractivity (Wildman–Crippen MR) is 208 cm³/mol. The molecule has 1 spiro atoms. The van der Waals surface area contributed by atoms with Crippen LogP contribution < -0.4 is 0 Å². The van der Waals surface area contributed by atoms with E-state index in [-0.39, 0.29) is 29.6 Å². The third-order valence-corrected chi connectivity index (χ3v) is 16.7. The molecule has 0 unspecified atom stereocenters. The Hall–Kier alpha value is -1.16. The summed E-state index contributed by atoms with van der Waals surface area (Å²) in [6.45, 7) is 10.7. The average molecular weight is 853 g/mol. The molecule has 8 N–H and O–H groups in total. The molecule has 5 heterocycles. The molecule has 5 aliphatic heterocycles. The SMILES string of the molecule is C[C@@H]1CC[C@@]2(OC1)O[C@H]1C=C3[C@@H]4CC=C5C[C@@H](O[C@@H]6O[C@H](CO)[C@@H](O[C@@H]7OC[C@@H](O)[C@H](O)[C@H]7O)[C@H](O)[C@H]6O[C@@H]6O[C@@H](C)[C@H](O)[C@@H](O)[C@H]6O)CC[C@]5(C)[C@H]4CC[C@]3(C)[C@H]1[C@@H]2C. The van der Waals surface area contributed by atoms with Crippen LogP contribution in [0.1, 0.15) is 86.0 Å². The molecule has 2 saturated carbocycles. The van der Waals surface area contributed by atoms with Gasteiger partial charge in [0.25, 0.3) is 0 Å². The Morgan fingerprint density at radius 2 is 1.47 bits per heavy atom. The van der Waals surface area contributed by atoms with Gasteiger partial charge in [-0.05, 0) is 80.5 Å². The summed E-state index contributed by atoms with van der Waals surface area (Å²) in [5.74, 6) is 1.66. The van der Waals surface area contributed by atoms with Gasteiger partial charge < -0.3 is 78.7 Å². The van der Waals surface area contributed by atoms with Crippen molar-refractivity contribution in [3.63, 3.8) is 0 Å². The molecule has 9 rings (SSSR count). The fourth-order valence-electron chi connectivity index (χ4n) is 13.0. The molecule has 0 bridgehead atoms. The van der Waals surface area contributed by atoms with E-state index in [0.29, 0.717) is 42.4 Å². The van der Waals surface area contributed by atoms with Crippen molar-refractivity contribution in [1.29, 1.82) is 0 Å². The van der Waals surface area contributed by atoms with E-state index in [0.717, 1.165) is 45.1 Å². The van der Waals surface area contributed by atoms with Crippen molar-refractivity contribution in [2.45, 2.75) is 190 Å². The van der Waals surface area contributed by atoms with Gasteiger partial charge in [-0.2, -0.15) is 0 Å². The van der Waals surface area contributed by atoms with Gasteiger partial charge in [0.1, 0.15) is 61.0 Å². The zero-order valence-electron chi connectivity index (χ0n) is 35.4. The number of aliphatic hydroxyl groups is 8. The van der Waals surface area contributed by atoms with Gasteiger partial charge in [0, 0.05) is 18.3 Å². The molecular formula is C44H68O16. The number of rotatable bonds is 7. The maximum absolute atomic E-state index is 11.9. The molecule has 24 atom stereocenters. The summed E-state index contributed by atoms with van der Waals surface area (Å²) in [7, 11) is 0. The first-order valence-electron chi connectivity index (χ1n) is 22.5. The number of allylic oxidation sites excluding steroid dienone is 2. The van der Waals surface area contributed by atoms with Gasteiger partial charge in [0.2, 0.25) is 0 Å². The van der Waals surface area contributed by atoms with Crippen molar-refractivity contribution < 1.29 is 78.7 Å². The largest absolute Gasteiger partial charge is 0.394 e. The van der Waals surface area contributed by atoms with E-state index >= 15 is 0 Å². The zero-order chi connectivity index (χ0) is 42.6. The first-order valence-corrected chi connectivity index (χ1v) is 22.5. The summed E-state index contributed by atoms with van der Waals surface area (Å²) in [5.41, 5.74) is 2.89. The zero-order valence-corrected chi connectivity index (χ0v) is 35.4. The van der Waals surface area contributed by atoms with Crippen molar-refractivity contribution in [2.24, 2.45) is 40.4 Å².